The predicted molar refractivity (Wildman–Crippen MR) is 79.0 cm³/mol. The van der Waals surface area contributed by atoms with E-state index in [0.29, 0.717) is 18.7 Å². The highest BCUT2D eigenvalue weighted by Crippen LogP contribution is 2.38. The first-order valence-corrected chi connectivity index (χ1v) is 7.36. The molecule has 0 aromatic heterocycles. The molecule has 3 atom stereocenters. The summed E-state index contributed by atoms with van der Waals surface area (Å²) in [4.78, 5) is 24.8. The summed E-state index contributed by atoms with van der Waals surface area (Å²) in [5.74, 6) is -1.47. The Morgan fingerprint density at radius 2 is 2.00 bits per heavy atom. The van der Waals surface area contributed by atoms with Crippen LogP contribution in [0.4, 0.5) is 15.0 Å². The molecule has 23 heavy (non-hydrogen) atoms. The Morgan fingerprint density at radius 3 is 2.52 bits per heavy atom. The van der Waals surface area contributed by atoms with Crippen LogP contribution in [0.1, 0.15) is 18.5 Å². The van der Waals surface area contributed by atoms with Crippen LogP contribution in [-0.4, -0.2) is 47.5 Å². The molecule has 2 aliphatic rings. The summed E-state index contributed by atoms with van der Waals surface area (Å²) < 4.78 is 19.0. The van der Waals surface area contributed by atoms with Crippen LogP contribution in [0.25, 0.3) is 0 Å². The number of cyclic esters (lactones) is 1. The highest BCUT2D eigenvalue weighted by atomic mass is 19.2. The molecule has 0 spiro atoms. The van der Waals surface area contributed by atoms with E-state index in [1.54, 1.807) is 24.3 Å². The molecule has 2 saturated heterocycles. The molecule has 0 bridgehead atoms. The van der Waals surface area contributed by atoms with Gasteiger partial charge in [-0.05, 0) is 24.6 Å². The number of ether oxygens (including phenoxy) is 1. The van der Waals surface area contributed by atoms with Gasteiger partial charge >= 0.3 is 6.09 Å². The first-order valence-electron chi connectivity index (χ1n) is 7.36. The summed E-state index contributed by atoms with van der Waals surface area (Å²) in [5, 5.41) is 9.32. The number of aliphatic hydroxyl groups excluding tert-OH is 1. The molecule has 0 aliphatic carbocycles. The Hall–Kier alpha value is -2.35. The fraction of sp³-hybridized carbons (Fsp3) is 0.467. The lowest BCUT2D eigenvalue weighted by Gasteiger charge is -2.38. The minimum absolute atomic E-state index is 0.00744. The predicted octanol–water partition coefficient (Wildman–Crippen LogP) is 0.735. The van der Waals surface area contributed by atoms with Crippen molar-refractivity contribution in [3.63, 3.8) is 0 Å². The number of carbonyl (C=O) groups is 2. The van der Waals surface area contributed by atoms with Crippen molar-refractivity contribution in [3.05, 3.63) is 29.8 Å². The van der Waals surface area contributed by atoms with Crippen LogP contribution in [0.2, 0.25) is 0 Å². The summed E-state index contributed by atoms with van der Waals surface area (Å²) in [5.41, 5.74) is 6.66. The van der Waals surface area contributed by atoms with E-state index in [0.717, 1.165) is 5.69 Å². The molecule has 2 amide bonds. The number of primary amides is 1. The van der Waals surface area contributed by atoms with E-state index in [1.807, 2.05) is 4.90 Å². The quantitative estimate of drug-likeness (QED) is 0.797. The standard InChI is InChI=1S/C15H18FN3O4/c1-8(14(17)21)13-12(19(16)15(22)23-13)9-2-4-10(5-3-9)18-6-11(20)7-18/h2-5,8,11-13,20H,6-7H2,1H3,(H2,17,21). The number of halogens is 1. The van der Waals surface area contributed by atoms with Crippen LogP contribution in [0.3, 0.4) is 0 Å². The van der Waals surface area contributed by atoms with Gasteiger partial charge in [-0.2, -0.15) is 0 Å². The number of hydrogen-bond acceptors (Lipinski definition) is 5. The Kier molecular flexibility index (Phi) is 3.85. The molecule has 2 fully saturated rings. The van der Waals surface area contributed by atoms with Crippen molar-refractivity contribution in [3.8, 4) is 0 Å². The SMILES string of the molecule is CC(C(N)=O)C1OC(=O)N(F)C1c1ccc(N2CC(O)C2)cc1. The van der Waals surface area contributed by atoms with E-state index in [-0.39, 0.29) is 11.2 Å². The van der Waals surface area contributed by atoms with E-state index in [9.17, 15) is 19.2 Å². The van der Waals surface area contributed by atoms with E-state index >= 15 is 0 Å². The summed E-state index contributed by atoms with van der Waals surface area (Å²) in [6.07, 6.45) is -2.41. The van der Waals surface area contributed by atoms with Crippen LogP contribution in [0, 0.1) is 5.92 Å². The van der Waals surface area contributed by atoms with Gasteiger partial charge in [-0.1, -0.05) is 16.6 Å². The number of anilines is 1. The Labute approximate surface area is 132 Å². The Morgan fingerprint density at radius 1 is 1.39 bits per heavy atom. The highest BCUT2D eigenvalue weighted by Gasteiger charge is 2.47. The summed E-state index contributed by atoms with van der Waals surface area (Å²) in [6, 6.07) is 5.91. The number of β-amino-alcohol motifs (C(OH)–C–C–N with tert-alkyl or cyclic N) is 1. The zero-order valence-corrected chi connectivity index (χ0v) is 12.6. The van der Waals surface area contributed by atoms with Gasteiger partial charge < -0.3 is 20.5 Å². The molecule has 0 saturated carbocycles. The van der Waals surface area contributed by atoms with Gasteiger partial charge in [0.1, 0.15) is 12.1 Å². The van der Waals surface area contributed by atoms with E-state index in [4.69, 9.17) is 10.5 Å². The minimum atomic E-state index is -1.12. The van der Waals surface area contributed by atoms with E-state index < -0.39 is 30.1 Å². The average Bonchev–Trinajstić information content (AvgIpc) is 2.79. The number of amides is 2. The van der Waals surface area contributed by atoms with E-state index in [2.05, 4.69) is 0 Å². The molecule has 3 rings (SSSR count). The first kappa shape index (κ1) is 15.5. The molecule has 0 radical (unpaired) electrons. The third-order valence-electron chi connectivity index (χ3n) is 4.37. The molecule has 1 aromatic rings. The van der Waals surface area contributed by atoms with Crippen LogP contribution in [0.5, 0.6) is 0 Å². The summed E-state index contributed by atoms with van der Waals surface area (Å²) >= 11 is 0. The molecule has 2 aliphatic heterocycles. The molecule has 7 nitrogen and oxygen atoms in total. The van der Waals surface area contributed by atoms with Gasteiger partial charge in [0.25, 0.3) is 0 Å². The largest absolute Gasteiger partial charge is 0.441 e. The van der Waals surface area contributed by atoms with Crippen molar-refractivity contribution in [1.82, 2.24) is 5.12 Å². The number of carbonyl (C=O) groups excluding carboxylic acids is 2. The van der Waals surface area contributed by atoms with Crippen molar-refractivity contribution in [2.75, 3.05) is 18.0 Å². The van der Waals surface area contributed by atoms with Crippen molar-refractivity contribution < 1.29 is 23.9 Å². The number of hydrogen-bond donors (Lipinski definition) is 2. The van der Waals surface area contributed by atoms with Crippen LogP contribution in [0.15, 0.2) is 24.3 Å². The molecular weight excluding hydrogens is 305 g/mol. The van der Waals surface area contributed by atoms with Gasteiger partial charge in [0.05, 0.1) is 12.0 Å². The summed E-state index contributed by atoms with van der Waals surface area (Å²) in [7, 11) is 0. The maximum atomic E-state index is 14.1. The Bertz CT molecular complexity index is 618. The average molecular weight is 323 g/mol. The van der Waals surface area contributed by atoms with E-state index in [1.165, 1.54) is 6.92 Å². The number of benzene rings is 1. The first-order chi connectivity index (χ1) is 10.9. The topological polar surface area (TPSA) is 96.1 Å². The molecule has 8 heteroatoms. The van der Waals surface area contributed by atoms with Crippen molar-refractivity contribution in [2.24, 2.45) is 11.7 Å². The molecular formula is C15H18FN3O4. The maximum Gasteiger partial charge on any atom is 0.439 e. The third-order valence-corrected chi connectivity index (χ3v) is 4.37. The van der Waals surface area contributed by atoms with Gasteiger partial charge in [0, 0.05) is 18.8 Å². The van der Waals surface area contributed by atoms with Crippen LogP contribution < -0.4 is 10.6 Å². The fourth-order valence-electron chi connectivity index (χ4n) is 2.88. The second-order valence-electron chi connectivity index (χ2n) is 5.95. The highest BCUT2D eigenvalue weighted by molar-refractivity contribution is 5.79. The zero-order chi connectivity index (χ0) is 16.7. The Balaban J connectivity index is 1.82. The van der Waals surface area contributed by atoms with Gasteiger partial charge in [-0.15, -0.1) is 5.12 Å². The van der Waals surface area contributed by atoms with Gasteiger partial charge in [0.15, 0.2) is 0 Å². The lowest BCUT2D eigenvalue weighted by molar-refractivity contribution is -0.124. The number of rotatable bonds is 4. The molecule has 3 unspecified atom stereocenters. The third kappa shape index (κ3) is 2.70. The monoisotopic (exact) mass is 323 g/mol. The maximum absolute atomic E-state index is 14.1. The smallest absolute Gasteiger partial charge is 0.439 e. The van der Waals surface area contributed by atoms with Crippen LogP contribution in [-0.2, 0) is 9.53 Å². The lowest BCUT2D eigenvalue weighted by atomic mass is 9.92. The number of aliphatic hydroxyl groups is 1. The molecule has 124 valence electrons. The van der Waals surface area contributed by atoms with Crippen molar-refractivity contribution >= 4 is 17.7 Å². The molecule has 2 heterocycles. The lowest BCUT2D eigenvalue weighted by Crippen LogP contribution is -2.50. The summed E-state index contributed by atoms with van der Waals surface area (Å²) in [6.45, 7) is 2.62. The van der Waals surface area contributed by atoms with Gasteiger partial charge in [0.2, 0.25) is 5.91 Å². The normalized spacial score (nSPS) is 26.0. The number of nitrogens with zero attached hydrogens (tertiary/aromatic N) is 2. The fourth-order valence-corrected chi connectivity index (χ4v) is 2.88. The molecule has 1 aromatic carbocycles. The van der Waals surface area contributed by atoms with Gasteiger partial charge in [-0.3, -0.25) is 4.79 Å². The second-order valence-corrected chi connectivity index (χ2v) is 5.95. The second kappa shape index (κ2) is 5.69. The van der Waals surface area contributed by atoms with Crippen molar-refractivity contribution in [2.45, 2.75) is 25.2 Å². The zero-order valence-electron chi connectivity index (χ0n) is 12.6. The van der Waals surface area contributed by atoms with Crippen LogP contribution >= 0.6 is 0 Å². The molecule has 3 N–H and O–H groups in total. The van der Waals surface area contributed by atoms with Gasteiger partial charge in [-0.25, -0.2) is 4.79 Å². The number of nitrogens with two attached hydrogens (primary N) is 1. The van der Waals surface area contributed by atoms with Crippen molar-refractivity contribution in [1.29, 1.82) is 0 Å². The minimum Gasteiger partial charge on any atom is -0.441 e.